The van der Waals surface area contributed by atoms with E-state index < -0.39 is 18.0 Å². The number of hydrogen-bond acceptors (Lipinski definition) is 5. The largest absolute Gasteiger partial charge is 0.352 e. The molecule has 1 heterocycles. The summed E-state index contributed by atoms with van der Waals surface area (Å²) in [5, 5.41) is 11.9. The molecule has 7 heteroatoms. The minimum atomic E-state index is -0.709. The highest BCUT2D eigenvalue weighted by Gasteiger charge is 2.36. The number of hydrazone groups is 1. The maximum Gasteiger partial charge on any atom is 0.268 e. The molecule has 1 aliphatic carbocycles. The van der Waals surface area contributed by atoms with Crippen LogP contribution in [0.2, 0.25) is 0 Å². The van der Waals surface area contributed by atoms with Crippen molar-refractivity contribution < 1.29 is 14.4 Å². The number of anilines is 1. The normalized spacial score (nSPS) is 18.8. The monoisotopic (exact) mass is 418 g/mol. The molecule has 0 spiro atoms. The summed E-state index contributed by atoms with van der Waals surface area (Å²) in [5.74, 6) is -0.680. The van der Waals surface area contributed by atoms with Gasteiger partial charge in [0.1, 0.15) is 17.8 Å². The Balaban J connectivity index is 1.51. The molecule has 31 heavy (non-hydrogen) atoms. The highest BCUT2D eigenvalue weighted by molar-refractivity contribution is 6.40. The second-order valence-electron chi connectivity index (χ2n) is 8.06. The lowest BCUT2D eigenvalue weighted by molar-refractivity contribution is -0.126. The zero-order chi connectivity index (χ0) is 21.8. The Labute approximate surface area is 181 Å². The zero-order valence-electron chi connectivity index (χ0n) is 17.5. The third-order valence-electron chi connectivity index (χ3n) is 5.49. The minimum Gasteiger partial charge on any atom is -0.352 e. The maximum absolute atomic E-state index is 13.0. The van der Waals surface area contributed by atoms with Crippen LogP contribution in [0.1, 0.15) is 31.7 Å². The molecule has 4 rings (SSSR count). The standard InChI is InChI=1S/C24H26N4O3/c1-16(29)22-15-21(27-28(22)19-10-6-3-7-11-19)24(31)26-20(23(30)25-18-12-13-18)14-17-8-4-2-5-9-17/h2-11,18,20,22H,12-15H2,1H3,(H,25,30)(H,26,31). The van der Waals surface area contributed by atoms with Crippen LogP contribution >= 0.6 is 0 Å². The van der Waals surface area contributed by atoms with E-state index in [0.29, 0.717) is 6.42 Å². The molecule has 7 nitrogen and oxygen atoms in total. The van der Waals surface area contributed by atoms with Crippen molar-refractivity contribution in [2.45, 2.75) is 50.7 Å². The first-order chi connectivity index (χ1) is 15.0. The molecule has 2 unspecified atom stereocenters. The highest BCUT2D eigenvalue weighted by Crippen LogP contribution is 2.25. The number of carbonyl (C=O) groups is 3. The molecule has 1 saturated carbocycles. The van der Waals surface area contributed by atoms with Crippen molar-refractivity contribution in [3.63, 3.8) is 0 Å². The predicted octanol–water partition coefficient (Wildman–Crippen LogP) is 2.22. The Morgan fingerprint density at radius 3 is 2.29 bits per heavy atom. The second-order valence-corrected chi connectivity index (χ2v) is 8.06. The number of hydrogen-bond donors (Lipinski definition) is 2. The summed E-state index contributed by atoms with van der Waals surface area (Å²) in [7, 11) is 0. The number of amides is 2. The van der Waals surface area contributed by atoms with Gasteiger partial charge in [-0.15, -0.1) is 0 Å². The summed E-state index contributed by atoms with van der Waals surface area (Å²) in [6, 6.07) is 17.8. The Morgan fingerprint density at radius 2 is 1.68 bits per heavy atom. The topological polar surface area (TPSA) is 90.9 Å². The zero-order valence-corrected chi connectivity index (χ0v) is 17.5. The lowest BCUT2D eigenvalue weighted by Crippen LogP contribution is -2.50. The number of ketones is 1. The Morgan fingerprint density at radius 1 is 1.03 bits per heavy atom. The van der Waals surface area contributed by atoms with Crippen molar-refractivity contribution in [2.75, 3.05) is 5.01 Å². The number of para-hydroxylation sites is 1. The molecular weight excluding hydrogens is 392 g/mol. The van der Waals surface area contributed by atoms with E-state index in [1.807, 2.05) is 60.7 Å². The van der Waals surface area contributed by atoms with Gasteiger partial charge in [0.2, 0.25) is 5.91 Å². The van der Waals surface area contributed by atoms with Crippen LogP contribution < -0.4 is 15.6 Å². The average Bonchev–Trinajstić information content (AvgIpc) is 3.47. The summed E-state index contributed by atoms with van der Waals surface area (Å²) in [6.07, 6.45) is 2.53. The van der Waals surface area contributed by atoms with Gasteiger partial charge >= 0.3 is 0 Å². The smallest absolute Gasteiger partial charge is 0.268 e. The van der Waals surface area contributed by atoms with Gasteiger partial charge < -0.3 is 10.6 Å². The van der Waals surface area contributed by atoms with Crippen LogP contribution in [-0.4, -0.2) is 41.4 Å². The fourth-order valence-electron chi connectivity index (χ4n) is 3.61. The van der Waals surface area contributed by atoms with E-state index in [1.54, 1.807) is 5.01 Å². The second kappa shape index (κ2) is 9.12. The third-order valence-corrected chi connectivity index (χ3v) is 5.49. The van der Waals surface area contributed by atoms with Crippen LogP contribution in [0.3, 0.4) is 0 Å². The third kappa shape index (κ3) is 5.17. The van der Waals surface area contributed by atoms with Gasteiger partial charge in [-0.25, -0.2) is 0 Å². The molecule has 2 N–H and O–H groups in total. The first-order valence-electron chi connectivity index (χ1n) is 10.6. The number of nitrogens with one attached hydrogen (secondary N) is 2. The number of nitrogens with zero attached hydrogens (tertiary/aromatic N) is 2. The van der Waals surface area contributed by atoms with Crippen LogP contribution in [0.4, 0.5) is 5.69 Å². The van der Waals surface area contributed by atoms with Crippen molar-refractivity contribution >= 4 is 29.0 Å². The van der Waals surface area contributed by atoms with Gasteiger partial charge in [-0.05, 0) is 37.5 Å². The van der Waals surface area contributed by atoms with Crippen LogP contribution in [0.25, 0.3) is 0 Å². The summed E-state index contributed by atoms with van der Waals surface area (Å²) in [4.78, 5) is 38.0. The van der Waals surface area contributed by atoms with Gasteiger partial charge in [0, 0.05) is 18.9 Å². The summed E-state index contributed by atoms with van der Waals surface area (Å²) < 4.78 is 0. The molecule has 2 atom stereocenters. The van der Waals surface area contributed by atoms with E-state index in [4.69, 9.17) is 0 Å². The minimum absolute atomic E-state index is 0.0669. The molecule has 2 aromatic carbocycles. The lowest BCUT2D eigenvalue weighted by Gasteiger charge is -2.20. The number of rotatable bonds is 8. The van der Waals surface area contributed by atoms with E-state index in [-0.39, 0.29) is 29.9 Å². The fraction of sp³-hybridized carbons (Fsp3) is 0.333. The van der Waals surface area contributed by atoms with Gasteiger partial charge in [-0.3, -0.25) is 19.4 Å². The molecule has 2 aromatic rings. The molecule has 0 aromatic heterocycles. The van der Waals surface area contributed by atoms with Crippen LogP contribution in [0.5, 0.6) is 0 Å². The van der Waals surface area contributed by atoms with E-state index in [9.17, 15) is 14.4 Å². The van der Waals surface area contributed by atoms with Crippen molar-refractivity contribution in [1.82, 2.24) is 10.6 Å². The van der Waals surface area contributed by atoms with Gasteiger partial charge in [0.05, 0.1) is 5.69 Å². The fourth-order valence-corrected chi connectivity index (χ4v) is 3.61. The van der Waals surface area contributed by atoms with Crippen LogP contribution in [0.15, 0.2) is 65.8 Å². The Kier molecular flexibility index (Phi) is 6.11. The SMILES string of the molecule is CC(=O)C1CC(C(=O)NC(Cc2ccccc2)C(=O)NC2CC2)=NN1c1ccccc1. The average molecular weight is 418 g/mol. The van der Waals surface area contributed by atoms with Crippen LogP contribution in [0, 0.1) is 0 Å². The van der Waals surface area contributed by atoms with Gasteiger partial charge in [-0.2, -0.15) is 5.10 Å². The first kappa shape index (κ1) is 20.8. The van der Waals surface area contributed by atoms with Crippen molar-refractivity contribution in [2.24, 2.45) is 5.10 Å². The number of carbonyl (C=O) groups excluding carboxylic acids is 3. The number of Topliss-reactive ketones (excluding diaryl/α,β-unsaturated/α-hetero) is 1. The summed E-state index contributed by atoms with van der Waals surface area (Å²) in [5.41, 5.74) is 1.96. The van der Waals surface area contributed by atoms with E-state index in [1.165, 1.54) is 6.92 Å². The molecule has 2 aliphatic rings. The molecule has 1 aliphatic heterocycles. The quantitative estimate of drug-likeness (QED) is 0.688. The molecular formula is C24H26N4O3. The molecule has 160 valence electrons. The highest BCUT2D eigenvalue weighted by atomic mass is 16.2. The first-order valence-corrected chi connectivity index (χ1v) is 10.6. The van der Waals surface area contributed by atoms with Crippen molar-refractivity contribution in [3.05, 3.63) is 66.2 Å². The van der Waals surface area contributed by atoms with E-state index in [2.05, 4.69) is 15.7 Å². The van der Waals surface area contributed by atoms with E-state index in [0.717, 1.165) is 24.1 Å². The van der Waals surface area contributed by atoms with Gasteiger partial charge in [0.25, 0.3) is 5.91 Å². The maximum atomic E-state index is 13.0. The molecule has 2 amide bonds. The Bertz CT molecular complexity index is 986. The van der Waals surface area contributed by atoms with Crippen LogP contribution in [-0.2, 0) is 20.8 Å². The van der Waals surface area contributed by atoms with Crippen molar-refractivity contribution in [3.8, 4) is 0 Å². The lowest BCUT2D eigenvalue weighted by atomic mass is 10.0. The van der Waals surface area contributed by atoms with Gasteiger partial charge in [0.15, 0.2) is 5.78 Å². The molecule has 0 saturated heterocycles. The van der Waals surface area contributed by atoms with Crippen molar-refractivity contribution in [1.29, 1.82) is 0 Å². The Hall–Kier alpha value is -3.48. The summed E-state index contributed by atoms with van der Waals surface area (Å²) in [6.45, 7) is 1.50. The molecule has 0 bridgehead atoms. The molecule has 0 radical (unpaired) electrons. The molecule has 1 fully saturated rings. The van der Waals surface area contributed by atoms with E-state index >= 15 is 0 Å². The predicted molar refractivity (Wildman–Crippen MR) is 119 cm³/mol. The number of benzene rings is 2. The van der Waals surface area contributed by atoms with Gasteiger partial charge in [-0.1, -0.05) is 48.5 Å². The summed E-state index contributed by atoms with van der Waals surface area (Å²) >= 11 is 0.